The smallest absolute Gasteiger partial charge is 0.182 e. The van der Waals surface area contributed by atoms with E-state index >= 15 is 0 Å². The van der Waals surface area contributed by atoms with Gasteiger partial charge in [-0.05, 0) is 51.0 Å². The van der Waals surface area contributed by atoms with Crippen molar-refractivity contribution in [3.8, 4) is 11.4 Å². The number of aromatic nitrogens is 4. The number of rotatable bonds is 8. The van der Waals surface area contributed by atoms with E-state index in [9.17, 15) is 0 Å². The van der Waals surface area contributed by atoms with Gasteiger partial charge in [-0.3, -0.25) is 0 Å². The Labute approximate surface area is 131 Å². The molecule has 1 aromatic heterocycles. The maximum Gasteiger partial charge on any atom is 0.182 e. The van der Waals surface area contributed by atoms with Crippen molar-refractivity contribution in [2.75, 3.05) is 32.7 Å². The molecule has 0 spiro atoms. The zero-order valence-corrected chi connectivity index (χ0v) is 13.4. The first-order valence-corrected chi connectivity index (χ1v) is 7.40. The predicted molar refractivity (Wildman–Crippen MR) is 82.7 cm³/mol. The van der Waals surface area contributed by atoms with Crippen LogP contribution in [-0.4, -0.2) is 47.1 Å². The molecule has 7 nitrogen and oxygen atoms in total. The molecule has 0 atom stereocenters. The molecule has 0 aliphatic heterocycles. The van der Waals surface area contributed by atoms with Gasteiger partial charge in [0.25, 0.3) is 0 Å². The van der Waals surface area contributed by atoms with Crippen LogP contribution in [0, 0.1) is 0 Å². The van der Waals surface area contributed by atoms with Crippen molar-refractivity contribution in [3.63, 3.8) is 0 Å². The normalized spacial score (nSPS) is 11.0. The third-order valence-electron chi connectivity index (χ3n) is 2.88. The lowest BCUT2D eigenvalue weighted by Crippen LogP contribution is -2.08. The van der Waals surface area contributed by atoms with Gasteiger partial charge >= 0.3 is 0 Å². The molecule has 21 heavy (non-hydrogen) atoms. The van der Waals surface area contributed by atoms with Crippen LogP contribution in [0.1, 0.15) is 6.42 Å². The second-order valence-corrected chi connectivity index (χ2v) is 5.27. The summed E-state index contributed by atoms with van der Waals surface area (Å²) in [6, 6.07) is 5.66. The Morgan fingerprint density at radius 2 is 2.14 bits per heavy atom. The van der Waals surface area contributed by atoms with Gasteiger partial charge in [0.2, 0.25) is 0 Å². The molecule has 0 saturated heterocycles. The van der Waals surface area contributed by atoms with Crippen LogP contribution in [0.3, 0.4) is 0 Å². The number of ether oxygens (including phenoxy) is 2. The molecule has 0 saturated carbocycles. The minimum absolute atomic E-state index is 0.599. The van der Waals surface area contributed by atoms with Gasteiger partial charge in [-0.15, -0.1) is 5.10 Å². The first-order valence-electron chi connectivity index (χ1n) is 6.60. The summed E-state index contributed by atoms with van der Waals surface area (Å²) in [5, 5.41) is 11.8. The minimum Gasteiger partial charge on any atom is -0.398 e. The number of tetrazole rings is 1. The molecule has 1 aromatic carbocycles. The van der Waals surface area contributed by atoms with E-state index in [1.165, 1.54) is 0 Å². The fraction of sp³-hybridized carbons (Fsp3) is 0.462. The number of benzene rings is 1. The lowest BCUT2D eigenvalue weighted by molar-refractivity contribution is 0.0677. The number of hydrogen-bond acceptors (Lipinski definition) is 6. The first kappa shape index (κ1) is 15.9. The minimum atomic E-state index is 0.599. The van der Waals surface area contributed by atoms with Gasteiger partial charge in [0, 0.05) is 36.0 Å². The van der Waals surface area contributed by atoms with Gasteiger partial charge in [0.15, 0.2) is 5.82 Å². The third-order valence-corrected chi connectivity index (χ3v) is 3.60. The molecule has 0 aliphatic rings. The van der Waals surface area contributed by atoms with E-state index in [0.29, 0.717) is 37.9 Å². The van der Waals surface area contributed by atoms with E-state index in [-0.39, 0.29) is 0 Å². The number of methoxy groups -OCH3 is 1. The van der Waals surface area contributed by atoms with Gasteiger partial charge < -0.3 is 15.2 Å². The molecule has 0 unspecified atom stereocenters. The molecule has 2 rings (SSSR count). The molecule has 0 amide bonds. The molecule has 0 aliphatic carbocycles. The molecular formula is C13H18BrN5O2. The van der Waals surface area contributed by atoms with Crippen LogP contribution < -0.4 is 5.73 Å². The monoisotopic (exact) mass is 355 g/mol. The Morgan fingerprint density at radius 3 is 2.90 bits per heavy atom. The largest absolute Gasteiger partial charge is 0.398 e. The van der Waals surface area contributed by atoms with Crippen LogP contribution in [0.15, 0.2) is 22.7 Å². The van der Waals surface area contributed by atoms with Gasteiger partial charge in [0.1, 0.15) is 0 Å². The fourth-order valence-corrected chi connectivity index (χ4v) is 2.05. The van der Waals surface area contributed by atoms with Crippen molar-refractivity contribution in [1.82, 2.24) is 20.2 Å². The van der Waals surface area contributed by atoms with E-state index in [2.05, 4.69) is 31.5 Å². The van der Waals surface area contributed by atoms with Crippen LogP contribution in [0.5, 0.6) is 0 Å². The standard InChI is InChI=1S/C13H18BrN5O2/c1-20-7-8-21-6-2-5-19-13(16-17-18-19)10-3-4-11(14)12(15)9-10/h3-4,9H,2,5-8,15H2,1H3. The van der Waals surface area contributed by atoms with Crippen LogP contribution >= 0.6 is 15.9 Å². The average molecular weight is 356 g/mol. The predicted octanol–water partition coefficient (Wildman–Crippen LogP) is 1.74. The number of halogens is 1. The van der Waals surface area contributed by atoms with Gasteiger partial charge in [0.05, 0.1) is 13.2 Å². The van der Waals surface area contributed by atoms with Crippen molar-refractivity contribution in [2.45, 2.75) is 13.0 Å². The Bertz CT molecular complexity index is 575. The summed E-state index contributed by atoms with van der Waals surface area (Å²) in [4.78, 5) is 0. The number of anilines is 1. The summed E-state index contributed by atoms with van der Waals surface area (Å²) in [5.74, 6) is 0.700. The first-order chi connectivity index (χ1) is 10.2. The van der Waals surface area contributed by atoms with Crippen molar-refractivity contribution in [1.29, 1.82) is 0 Å². The highest BCUT2D eigenvalue weighted by molar-refractivity contribution is 9.10. The zero-order valence-electron chi connectivity index (χ0n) is 11.8. The summed E-state index contributed by atoms with van der Waals surface area (Å²) < 4.78 is 12.9. The van der Waals surface area contributed by atoms with Gasteiger partial charge in [-0.2, -0.15) is 0 Å². The topological polar surface area (TPSA) is 88.1 Å². The summed E-state index contributed by atoms with van der Waals surface area (Å²) in [5.41, 5.74) is 7.44. The highest BCUT2D eigenvalue weighted by Gasteiger charge is 2.10. The average Bonchev–Trinajstić information content (AvgIpc) is 2.94. The lowest BCUT2D eigenvalue weighted by Gasteiger charge is -2.07. The Morgan fingerprint density at radius 1 is 1.29 bits per heavy atom. The summed E-state index contributed by atoms with van der Waals surface area (Å²) in [6.07, 6.45) is 0.827. The molecule has 8 heteroatoms. The number of aryl methyl sites for hydroxylation is 1. The van der Waals surface area contributed by atoms with Gasteiger partial charge in [-0.1, -0.05) is 0 Å². The molecule has 2 aromatic rings. The second-order valence-electron chi connectivity index (χ2n) is 4.42. The second kappa shape index (κ2) is 8.06. The van der Waals surface area contributed by atoms with E-state index < -0.39 is 0 Å². The number of nitrogens with zero attached hydrogens (tertiary/aromatic N) is 4. The highest BCUT2D eigenvalue weighted by Crippen LogP contribution is 2.25. The van der Waals surface area contributed by atoms with Crippen LogP contribution in [0.25, 0.3) is 11.4 Å². The molecule has 114 valence electrons. The number of nitrogens with two attached hydrogens (primary N) is 1. The van der Waals surface area contributed by atoms with E-state index in [1.54, 1.807) is 11.8 Å². The van der Waals surface area contributed by atoms with Crippen molar-refractivity contribution in [2.24, 2.45) is 0 Å². The van der Waals surface area contributed by atoms with E-state index in [4.69, 9.17) is 15.2 Å². The van der Waals surface area contributed by atoms with Crippen LogP contribution in [0.4, 0.5) is 5.69 Å². The Balaban J connectivity index is 1.93. The Kier molecular flexibility index (Phi) is 6.09. The summed E-state index contributed by atoms with van der Waals surface area (Å²) in [7, 11) is 1.65. The third kappa shape index (κ3) is 4.48. The summed E-state index contributed by atoms with van der Waals surface area (Å²) >= 11 is 3.37. The SMILES string of the molecule is COCCOCCCn1nnnc1-c1ccc(Br)c(N)c1. The molecule has 0 radical (unpaired) electrons. The van der Waals surface area contributed by atoms with Crippen LogP contribution in [0.2, 0.25) is 0 Å². The molecule has 0 fully saturated rings. The zero-order chi connectivity index (χ0) is 15.1. The van der Waals surface area contributed by atoms with Crippen molar-refractivity contribution < 1.29 is 9.47 Å². The van der Waals surface area contributed by atoms with E-state index in [1.807, 2.05) is 18.2 Å². The highest BCUT2D eigenvalue weighted by atomic mass is 79.9. The number of hydrogen-bond donors (Lipinski definition) is 1. The molecule has 0 bridgehead atoms. The van der Waals surface area contributed by atoms with Gasteiger partial charge in [-0.25, -0.2) is 4.68 Å². The fourth-order valence-electron chi connectivity index (χ4n) is 1.81. The molecular weight excluding hydrogens is 338 g/mol. The van der Waals surface area contributed by atoms with Crippen molar-refractivity contribution in [3.05, 3.63) is 22.7 Å². The van der Waals surface area contributed by atoms with Crippen LogP contribution in [-0.2, 0) is 16.0 Å². The Hall–Kier alpha value is -1.51. The maximum absolute atomic E-state index is 5.89. The molecule has 2 N–H and O–H groups in total. The maximum atomic E-state index is 5.89. The quantitative estimate of drug-likeness (QED) is 0.573. The van der Waals surface area contributed by atoms with E-state index in [0.717, 1.165) is 16.5 Å². The number of nitrogen functional groups attached to an aromatic ring is 1. The molecule has 1 heterocycles. The van der Waals surface area contributed by atoms with Crippen molar-refractivity contribution >= 4 is 21.6 Å². The summed E-state index contributed by atoms with van der Waals surface area (Å²) in [6.45, 7) is 2.53. The lowest BCUT2D eigenvalue weighted by atomic mass is 10.2.